The van der Waals surface area contributed by atoms with Gasteiger partial charge in [-0.2, -0.15) is 0 Å². The van der Waals surface area contributed by atoms with Crippen molar-refractivity contribution in [2.24, 2.45) is 5.92 Å². The molecule has 1 aliphatic carbocycles. The van der Waals surface area contributed by atoms with E-state index in [0.717, 1.165) is 37.8 Å². The lowest BCUT2D eigenvalue weighted by molar-refractivity contribution is 0.0995. The van der Waals surface area contributed by atoms with Crippen LogP contribution in [0.4, 0.5) is 0 Å². The molecule has 0 amide bonds. The molecule has 1 aliphatic rings. The van der Waals surface area contributed by atoms with E-state index in [-0.39, 0.29) is 12.1 Å². The Hall–Kier alpha value is -1.06. The van der Waals surface area contributed by atoms with Crippen molar-refractivity contribution in [1.82, 2.24) is 5.32 Å². The fourth-order valence-electron chi connectivity index (χ4n) is 3.01. The molecule has 3 atom stereocenters. The summed E-state index contributed by atoms with van der Waals surface area (Å²) in [6.07, 6.45) is 5.01. The summed E-state index contributed by atoms with van der Waals surface area (Å²) in [7, 11) is 0. The van der Waals surface area contributed by atoms with Crippen molar-refractivity contribution in [2.75, 3.05) is 6.54 Å². The molecule has 0 heterocycles. The smallest absolute Gasteiger partial charge is 0.120 e. The van der Waals surface area contributed by atoms with Crippen molar-refractivity contribution in [3.05, 3.63) is 29.8 Å². The first-order chi connectivity index (χ1) is 9.20. The highest BCUT2D eigenvalue weighted by Gasteiger charge is 2.21. The van der Waals surface area contributed by atoms with Crippen LogP contribution in [0.2, 0.25) is 0 Å². The number of benzene rings is 1. The number of aliphatic hydroxyl groups excluding tert-OH is 1. The third-order valence-electron chi connectivity index (χ3n) is 4.13. The number of phenolic OH excluding ortho intramolecular Hbond substituents is 1. The molecule has 0 bridgehead atoms. The van der Waals surface area contributed by atoms with E-state index in [9.17, 15) is 10.2 Å². The Bertz CT molecular complexity index is 394. The van der Waals surface area contributed by atoms with E-state index in [1.807, 2.05) is 18.2 Å². The van der Waals surface area contributed by atoms with Crippen LogP contribution in [0.1, 0.15) is 50.6 Å². The molecule has 0 spiro atoms. The van der Waals surface area contributed by atoms with Crippen LogP contribution >= 0.6 is 0 Å². The average molecular weight is 263 g/mol. The lowest BCUT2D eigenvalue weighted by atomic mass is 9.87. The molecular weight excluding hydrogens is 238 g/mol. The summed E-state index contributed by atoms with van der Waals surface area (Å²) in [5, 5.41) is 23.2. The second-order valence-corrected chi connectivity index (χ2v) is 5.61. The van der Waals surface area contributed by atoms with Gasteiger partial charge in [-0.15, -0.1) is 0 Å². The van der Waals surface area contributed by atoms with E-state index in [1.165, 1.54) is 6.42 Å². The van der Waals surface area contributed by atoms with Gasteiger partial charge >= 0.3 is 0 Å². The molecule has 0 aromatic heterocycles. The molecule has 3 unspecified atom stereocenters. The van der Waals surface area contributed by atoms with Crippen LogP contribution in [0.5, 0.6) is 5.75 Å². The third kappa shape index (κ3) is 3.95. The van der Waals surface area contributed by atoms with Crippen molar-refractivity contribution in [2.45, 2.75) is 51.2 Å². The number of phenols is 1. The lowest BCUT2D eigenvalue weighted by Crippen LogP contribution is -2.31. The molecule has 3 heteroatoms. The van der Waals surface area contributed by atoms with Gasteiger partial charge in [0.25, 0.3) is 0 Å². The van der Waals surface area contributed by atoms with Crippen molar-refractivity contribution in [3.63, 3.8) is 0 Å². The van der Waals surface area contributed by atoms with Crippen LogP contribution < -0.4 is 5.32 Å². The molecule has 0 aliphatic heterocycles. The number of hydrogen-bond donors (Lipinski definition) is 3. The standard InChI is InChI=1S/C16H25NO2/c1-2-15(14-8-3-4-9-16(14)19)17-11-12-6-5-7-13(18)10-12/h3-4,8-9,12-13,15,17-19H,2,5-7,10-11H2,1H3. The van der Waals surface area contributed by atoms with Crippen molar-refractivity contribution >= 4 is 0 Å². The summed E-state index contributed by atoms with van der Waals surface area (Å²) < 4.78 is 0. The number of rotatable bonds is 5. The summed E-state index contributed by atoms with van der Waals surface area (Å²) in [5.41, 5.74) is 0.973. The van der Waals surface area contributed by atoms with Gasteiger partial charge in [-0.05, 0) is 44.2 Å². The van der Waals surface area contributed by atoms with Gasteiger partial charge < -0.3 is 15.5 Å². The van der Waals surface area contributed by atoms with Crippen molar-refractivity contribution in [3.8, 4) is 5.75 Å². The molecule has 1 saturated carbocycles. The first-order valence-electron chi connectivity index (χ1n) is 7.40. The molecular formula is C16H25NO2. The van der Waals surface area contributed by atoms with E-state index in [1.54, 1.807) is 6.07 Å². The molecule has 3 nitrogen and oxygen atoms in total. The number of aromatic hydroxyl groups is 1. The third-order valence-corrected chi connectivity index (χ3v) is 4.13. The van der Waals surface area contributed by atoms with Crippen LogP contribution in [0.15, 0.2) is 24.3 Å². The molecule has 0 saturated heterocycles. The van der Waals surface area contributed by atoms with Crippen LogP contribution in [0.3, 0.4) is 0 Å². The van der Waals surface area contributed by atoms with Crippen LogP contribution in [0.25, 0.3) is 0 Å². The summed E-state index contributed by atoms with van der Waals surface area (Å²) >= 11 is 0. The van der Waals surface area contributed by atoms with E-state index < -0.39 is 0 Å². The average Bonchev–Trinajstić information content (AvgIpc) is 2.41. The number of nitrogens with one attached hydrogen (secondary N) is 1. The molecule has 0 radical (unpaired) electrons. The fraction of sp³-hybridized carbons (Fsp3) is 0.625. The molecule has 19 heavy (non-hydrogen) atoms. The van der Waals surface area contributed by atoms with Gasteiger partial charge in [-0.1, -0.05) is 31.5 Å². The zero-order valence-electron chi connectivity index (χ0n) is 11.7. The fourth-order valence-corrected chi connectivity index (χ4v) is 3.01. The van der Waals surface area contributed by atoms with E-state index >= 15 is 0 Å². The quantitative estimate of drug-likeness (QED) is 0.765. The maximum Gasteiger partial charge on any atom is 0.120 e. The second kappa shape index (κ2) is 6.92. The van der Waals surface area contributed by atoms with Crippen LogP contribution in [0, 0.1) is 5.92 Å². The number of aliphatic hydroxyl groups is 1. The lowest BCUT2D eigenvalue weighted by Gasteiger charge is -2.28. The number of para-hydroxylation sites is 1. The predicted molar refractivity (Wildman–Crippen MR) is 77.1 cm³/mol. The topological polar surface area (TPSA) is 52.5 Å². The Kier molecular flexibility index (Phi) is 5.23. The highest BCUT2D eigenvalue weighted by Crippen LogP contribution is 2.28. The first kappa shape index (κ1) is 14.4. The summed E-state index contributed by atoms with van der Waals surface area (Å²) in [4.78, 5) is 0. The van der Waals surface area contributed by atoms with Gasteiger partial charge in [0.05, 0.1) is 6.10 Å². The largest absolute Gasteiger partial charge is 0.508 e. The molecule has 1 aromatic rings. The van der Waals surface area contributed by atoms with Gasteiger partial charge in [0.1, 0.15) is 5.75 Å². The molecule has 1 aromatic carbocycles. The van der Waals surface area contributed by atoms with Gasteiger partial charge in [0.15, 0.2) is 0 Å². The van der Waals surface area contributed by atoms with Gasteiger partial charge in [-0.3, -0.25) is 0 Å². The molecule has 3 N–H and O–H groups in total. The highest BCUT2D eigenvalue weighted by molar-refractivity contribution is 5.34. The first-order valence-corrected chi connectivity index (χ1v) is 7.40. The van der Waals surface area contributed by atoms with E-state index in [2.05, 4.69) is 12.2 Å². The van der Waals surface area contributed by atoms with Crippen LogP contribution in [-0.4, -0.2) is 22.9 Å². The Balaban J connectivity index is 1.91. The Labute approximate surface area is 115 Å². The van der Waals surface area contributed by atoms with Crippen molar-refractivity contribution in [1.29, 1.82) is 0 Å². The van der Waals surface area contributed by atoms with Gasteiger partial charge in [0.2, 0.25) is 0 Å². The zero-order chi connectivity index (χ0) is 13.7. The summed E-state index contributed by atoms with van der Waals surface area (Å²) in [6, 6.07) is 7.73. The maximum atomic E-state index is 9.91. The Morgan fingerprint density at radius 3 is 2.79 bits per heavy atom. The highest BCUT2D eigenvalue weighted by atomic mass is 16.3. The second-order valence-electron chi connectivity index (χ2n) is 5.61. The van der Waals surface area contributed by atoms with E-state index in [0.29, 0.717) is 11.7 Å². The van der Waals surface area contributed by atoms with Gasteiger partial charge in [0, 0.05) is 11.6 Å². The number of hydrogen-bond acceptors (Lipinski definition) is 3. The minimum atomic E-state index is -0.120. The monoisotopic (exact) mass is 263 g/mol. The van der Waals surface area contributed by atoms with Gasteiger partial charge in [-0.25, -0.2) is 0 Å². The normalized spacial score (nSPS) is 25.2. The van der Waals surface area contributed by atoms with Crippen LogP contribution in [-0.2, 0) is 0 Å². The minimum absolute atomic E-state index is 0.120. The molecule has 106 valence electrons. The summed E-state index contributed by atoms with van der Waals surface area (Å²) in [6.45, 7) is 3.05. The summed E-state index contributed by atoms with van der Waals surface area (Å²) in [5.74, 6) is 0.925. The Morgan fingerprint density at radius 1 is 1.32 bits per heavy atom. The maximum absolute atomic E-state index is 9.91. The van der Waals surface area contributed by atoms with Crippen molar-refractivity contribution < 1.29 is 10.2 Å². The zero-order valence-corrected chi connectivity index (χ0v) is 11.7. The molecule has 1 fully saturated rings. The van der Waals surface area contributed by atoms with E-state index in [4.69, 9.17) is 0 Å². The molecule has 2 rings (SSSR count). The SMILES string of the molecule is CCC(NCC1CCCC(O)C1)c1ccccc1O. The minimum Gasteiger partial charge on any atom is -0.508 e. The predicted octanol–water partition coefficient (Wildman–Crippen LogP) is 2.98. The Morgan fingerprint density at radius 2 is 2.11 bits per heavy atom.